The van der Waals surface area contributed by atoms with E-state index in [0.29, 0.717) is 44.1 Å². The van der Waals surface area contributed by atoms with Crippen LogP contribution in [0.25, 0.3) is 10.6 Å². The molecule has 2 aliphatic rings. The largest absolute Gasteiger partial charge is 0.463 e. The molecule has 7 nitrogen and oxygen atoms in total. The lowest BCUT2D eigenvalue weighted by Gasteiger charge is -2.48. The van der Waals surface area contributed by atoms with Crippen LogP contribution in [-0.4, -0.2) is 40.1 Å². The van der Waals surface area contributed by atoms with E-state index >= 15 is 0 Å². The van der Waals surface area contributed by atoms with Gasteiger partial charge in [0.25, 0.3) is 0 Å². The van der Waals surface area contributed by atoms with E-state index in [0.717, 1.165) is 43.5 Å². The van der Waals surface area contributed by atoms with Crippen molar-refractivity contribution in [2.24, 2.45) is 0 Å². The SMILES string of the molecule is OC1([C@H]2O[C@@H](c3ccc(Cl)c(Cc4ncc(-c5ccco5)s4)c3)[C@H](OCc3ccccc3)[C@@H](OCc3ccccc3)[C@@H]2OCc2ccccc2)CC1. The number of nitrogens with zero attached hydrogens (tertiary/aromatic N) is 1. The number of thiazole rings is 1. The maximum Gasteiger partial charge on any atom is 0.145 e. The summed E-state index contributed by atoms with van der Waals surface area (Å²) in [6, 6.07) is 40.0. The zero-order valence-corrected chi connectivity index (χ0v) is 30.1. The normalized spacial score (nSPS) is 22.3. The number of aromatic nitrogens is 1. The molecule has 1 saturated carbocycles. The predicted octanol–water partition coefficient (Wildman–Crippen LogP) is 9.37. The fourth-order valence-corrected chi connectivity index (χ4v) is 7.90. The minimum Gasteiger partial charge on any atom is -0.463 e. The van der Waals surface area contributed by atoms with Crippen LogP contribution in [-0.2, 0) is 45.2 Å². The molecule has 2 fully saturated rings. The number of aliphatic hydroxyl groups is 1. The summed E-state index contributed by atoms with van der Waals surface area (Å²) in [6.45, 7) is 1.02. The summed E-state index contributed by atoms with van der Waals surface area (Å²) in [4.78, 5) is 5.63. The maximum absolute atomic E-state index is 11.8. The number of furan rings is 1. The number of rotatable bonds is 14. The molecular weight excluding hydrogens is 694 g/mol. The first kappa shape index (κ1) is 34.9. The minimum atomic E-state index is -1.04. The van der Waals surface area contributed by atoms with Gasteiger partial charge in [-0.2, -0.15) is 0 Å². The maximum atomic E-state index is 11.8. The van der Waals surface area contributed by atoms with Gasteiger partial charge in [-0.05, 0) is 58.9 Å². The Morgan fingerprint density at radius 2 is 1.33 bits per heavy atom. The minimum absolute atomic E-state index is 0.335. The molecule has 266 valence electrons. The van der Waals surface area contributed by atoms with E-state index in [2.05, 4.69) is 11.1 Å². The fraction of sp³-hybridized carbons (Fsp3) is 0.279. The molecule has 0 bridgehead atoms. The van der Waals surface area contributed by atoms with Crippen molar-refractivity contribution in [3.05, 3.63) is 172 Å². The lowest BCUT2D eigenvalue weighted by Crippen LogP contribution is -2.61. The van der Waals surface area contributed by atoms with Crippen LogP contribution in [0, 0.1) is 0 Å². The molecule has 0 radical (unpaired) electrons. The monoisotopic (exact) mass is 733 g/mol. The summed E-state index contributed by atoms with van der Waals surface area (Å²) in [5, 5.41) is 13.4. The molecule has 1 N–H and O–H groups in total. The van der Waals surface area contributed by atoms with Crippen molar-refractivity contribution in [1.82, 2.24) is 4.98 Å². The van der Waals surface area contributed by atoms with Gasteiger partial charge in [-0.25, -0.2) is 4.98 Å². The van der Waals surface area contributed by atoms with E-state index in [1.165, 1.54) is 0 Å². The highest BCUT2D eigenvalue weighted by Gasteiger charge is 2.60. The third-order valence-corrected chi connectivity index (χ3v) is 11.1. The van der Waals surface area contributed by atoms with Crippen LogP contribution < -0.4 is 0 Å². The van der Waals surface area contributed by atoms with Gasteiger partial charge >= 0.3 is 0 Å². The summed E-state index contributed by atoms with van der Waals surface area (Å²) in [5.41, 5.74) is 3.83. The third-order valence-electron chi connectivity index (χ3n) is 9.74. The zero-order valence-electron chi connectivity index (χ0n) is 28.6. The van der Waals surface area contributed by atoms with Gasteiger partial charge in [0.2, 0.25) is 0 Å². The molecule has 3 heterocycles. The second kappa shape index (κ2) is 15.9. The molecular formula is C43H40ClNO6S. The van der Waals surface area contributed by atoms with Gasteiger partial charge in [0.15, 0.2) is 0 Å². The Morgan fingerprint density at radius 1 is 0.731 bits per heavy atom. The summed E-state index contributed by atoms with van der Waals surface area (Å²) < 4.78 is 33.1. The Morgan fingerprint density at radius 3 is 1.90 bits per heavy atom. The van der Waals surface area contributed by atoms with E-state index in [1.807, 2.05) is 121 Å². The second-order valence-electron chi connectivity index (χ2n) is 13.5. The molecule has 6 aromatic rings. The lowest BCUT2D eigenvalue weighted by molar-refractivity contribution is -0.286. The lowest BCUT2D eigenvalue weighted by atomic mass is 9.87. The van der Waals surface area contributed by atoms with E-state index in [-0.39, 0.29) is 0 Å². The van der Waals surface area contributed by atoms with Crippen LogP contribution in [0.15, 0.2) is 138 Å². The third kappa shape index (κ3) is 8.09. The van der Waals surface area contributed by atoms with Gasteiger partial charge in [-0.15, -0.1) is 11.3 Å². The van der Waals surface area contributed by atoms with Crippen LogP contribution in [0.4, 0.5) is 0 Å². The standard InChI is InChI=1S/C43H40ClNO6S/c44-34-19-18-32(23-33(34)24-37-45-25-36(52-37)35-17-10-22-47-35)38-39(48-26-29-11-4-1-5-12-29)40(49-27-30-13-6-2-7-14-30)41(42(51-38)43(46)20-21-43)50-28-31-15-8-3-9-16-31/h1-19,22-23,25,38-42,46H,20-21,24,26-28H2/t38-,39-,40+,41-,42-/m0/s1. The Bertz CT molecular complexity index is 2020. The quantitative estimate of drug-likeness (QED) is 0.119. The fourth-order valence-electron chi connectivity index (χ4n) is 6.81. The van der Waals surface area contributed by atoms with Gasteiger partial charge in [0, 0.05) is 17.6 Å². The average Bonchev–Trinajstić information content (AvgIpc) is 3.51. The van der Waals surface area contributed by atoms with E-state index in [1.54, 1.807) is 17.6 Å². The Balaban J connectivity index is 1.16. The van der Waals surface area contributed by atoms with Crippen LogP contribution in [0.1, 0.15) is 51.8 Å². The number of hydrogen-bond acceptors (Lipinski definition) is 8. The first-order chi connectivity index (χ1) is 25.5. The van der Waals surface area contributed by atoms with Gasteiger partial charge in [0.05, 0.1) is 41.6 Å². The number of ether oxygens (including phenoxy) is 4. The molecule has 1 aliphatic carbocycles. The number of halogens is 1. The smallest absolute Gasteiger partial charge is 0.145 e. The average molecular weight is 734 g/mol. The van der Waals surface area contributed by atoms with Gasteiger partial charge in [-0.1, -0.05) is 115 Å². The predicted molar refractivity (Wildman–Crippen MR) is 201 cm³/mol. The molecule has 9 heteroatoms. The topological polar surface area (TPSA) is 83.2 Å². The van der Waals surface area contributed by atoms with Crippen LogP contribution >= 0.6 is 22.9 Å². The molecule has 0 unspecified atom stereocenters. The van der Waals surface area contributed by atoms with Crippen molar-refractivity contribution in [3.63, 3.8) is 0 Å². The summed E-state index contributed by atoms with van der Waals surface area (Å²) in [7, 11) is 0. The van der Waals surface area contributed by atoms with Crippen molar-refractivity contribution in [2.75, 3.05) is 0 Å². The molecule has 0 spiro atoms. The van der Waals surface area contributed by atoms with Crippen molar-refractivity contribution in [2.45, 2.75) is 75.2 Å². The van der Waals surface area contributed by atoms with Crippen LogP contribution in [0.2, 0.25) is 5.02 Å². The van der Waals surface area contributed by atoms with E-state index < -0.39 is 36.1 Å². The molecule has 1 saturated heterocycles. The second-order valence-corrected chi connectivity index (χ2v) is 15.0. The summed E-state index contributed by atoms with van der Waals surface area (Å²) >= 11 is 8.42. The molecule has 8 rings (SSSR count). The van der Waals surface area contributed by atoms with Crippen molar-refractivity contribution in [1.29, 1.82) is 0 Å². The summed E-state index contributed by atoms with van der Waals surface area (Å²) in [5.74, 6) is 0.784. The molecule has 1 aliphatic heterocycles. The van der Waals surface area contributed by atoms with Crippen LogP contribution in [0.3, 0.4) is 0 Å². The summed E-state index contributed by atoms with van der Waals surface area (Å²) in [6.07, 6.45) is 2.20. The van der Waals surface area contributed by atoms with Gasteiger partial charge < -0.3 is 28.5 Å². The van der Waals surface area contributed by atoms with Gasteiger partial charge in [0.1, 0.15) is 36.3 Å². The zero-order chi connectivity index (χ0) is 35.3. The Kier molecular flexibility index (Phi) is 10.7. The highest BCUT2D eigenvalue weighted by molar-refractivity contribution is 7.15. The molecule has 0 amide bonds. The first-order valence-corrected chi connectivity index (χ1v) is 18.8. The molecule has 4 aromatic carbocycles. The number of benzene rings is 4. The van der Waals surface area contributed by atoms with Crippen molar-refractivity contribution >= 4 is 22.9 Å². The van der Waals surface area contributed by atoms with E-state index in [9.17, 15) is 5.11 Å². The number of hydrogen-bond donors (Lipinski definition) is 1. The molecule has 52 heavy (non-hydrogen) atoms. The molecule has 5 atom stereocenters. The first-order valence-electron chi connectivity index (χ1n) is 17.6. The van der Waals surface area contributed by atoms with Crippen molar-refractivity contribution < 1.29 is 28.5 Å². The Hall–Kier alpha value is -4.12. The van der Waals surface area contributed by atoms with Crippen molar-refractivity contribution in [3.8, 4) is 10.6 Å². The van der Waals surface area contributed by atoms with Gasteiger partial charge in [-0.3, -0.25) is 0 Å². The van der Waals surface area contributed by atoms with E-state index in [4.69, 9.17) is 35.0 Å². The highest BCUT2D eigenvalue weighted by Crippen LogP contribution is 2.49. The Labute approximate surface area is 312 Å². The molecule has 2 aromatic heterocycles. The highest BCUT2D eigenvalue weighted by atomic mass is 35.5. The van der Waals surface area contributed by atoms with Crippen LogP contribution in [0.5, 0.6) is 0 Å².